The Morgan fingerprint density at radius 3 is 2.76 bits per heavy atom. The first-order chi connectivity index (χ1) is 10.3. The minimum atomic E-state index is 0.265. The maximum absolute atomic E-state index is 9.12. The van der Waals surface area contributed by atoms with E-state index in [1.54, 1.807) is 0 Å². The zero-order chi connectivity index (χ0) is 14.5. The molecule has 2 aromatic rings. The Balaban J connectivity index is 1.52. The molecule has 3 rings (SSSR count). The van der Waals surface area contributed by atoms with Crippen molar-refractivity contribution in [2.75, 3.05) is 6.61 Å². The predicted molar refractivity (Wildman–Crippen MR) is 82.8 cm³/mol. The van der Waals surface area contributed by atoms with Gasteiger partial charge in [-0.3, -0.25) is 4.68 Å². The molecule has 1 aromatic heterocycles. The van der Waals surface area contributed by atoms with E-state index in [1.165, 1.54) is 24.0 Å². The van der Waals surface area contributed by atoms with Crippen LogP contribution in [0.1, 0.15) is 30.4 Å². The standard InChI is InChI=1S/C17H23N3O/c21-9-8-17(16-6-7-16)18-10-15-11-19-20(13-15)12-14-4-2-1-3-5-14/h1-5,11,13,16-18,21H,6-10,12H2. The van der Waals surface area contributed by atoms with Crippen molar-refractivity contribution >= 4 is 0 Å². The van der Waals surface area contributed by atoms with E-state index in [4.69, 9.17) is 5.11 Å². The fourth-order valence-electron chi connectivity index (χ4n) is 2.75. The summed E-state index contributed by atoms with van der Waals surface area (Å²) in [6, 6.07) is 10.8. The van der Waals surface area contributed by atoms with Crippen LogP contribution in [0.15, 0.2) is 42.7 Å². The van der Waals surface area contributed by atoms with Gasteiger partial charge in [0.05, 0.1) is 12.7 Å². The van der Waals surface area contributed by atoms with E-state index < -0.39 is 0 Å². The third-order valence-electron chi connectivity index (χ3n) is 4.07. The van der Waals surface area contributed by atoms with Gasteiger partial charge >= 0.3 is 0 Å². The van der Waals surface area contributed by atoms with Crippen LogP contribution in [0.3, 0.4) is 0 Å². The highest BCUT2D eigenvalue weighted by molar-refractivity contribution is 5.15. The van der Waals surface area contributed by atoms with E-state index in [2.05, 4.69) is 40.9 Å². The monoisotopic (exact) mass is 285 g/mol. The Bertz CT molecular complexity index is 548. The Morgan fingerprint density at radius 2 is 2.05 bits per heavy atom. The van der Waals surface area contributed by atoms with Crippen molar-refractivity contribution in [1.82, 2.24) is 15.1 Å². The fourth-order valence-corrected chi connectivity index (χ4v) is 2.75. The number of rotatable bonds is 8. The van der Waals surface area contributed by atoms with Gasteiger partial charge < -0.3 is 10.4 Å². The highest BCUT2D eigenvalue weighted by Gasteiger charge is 2.30. The Labute approximate surface area is 125 Å². The third kappa shape index (κ3) is 4.16. The first-order valence-corrected chi connectivity index (χ1v) is 7.74. The molecular weight excluding hydrogens is 262 g/mol. The Morgan fingerprint density at radius 1 is 1.24 bits per heavy atom. The highest BCUT2D eigenvalue weighted by Crippen LogP contribution is 2.34. The van der Waals surface area contributed by atoms with Crippen LogP contribution in [0, 0.1) is 5.92 Å². The quantitative estimate of drug-likeness (QED) is 0.781. The summed E-state index contributed by atoms with van der Waals surface area (Å²) < 4.78 is 1.98. The smallest absolute Gasteiger partial charge is 0.0659 e. The minimum Gasteiger partial charge on any atom is -0.396 e. The number of aromatic nitrogens is 2. The van der Waals surface area contributed by atoms with E-state index in [0.717, 1.165) is 25.4 Å². The molecule has 1 aliphatic rings. The van der Waals surface area contributed by atoms with Crippen LogP contribution >= 0.6 is 0 Å². The zero-order valence-electron chi connectivity index (χ0n) is 12.3. The second-order valence-corrected chi connectivity index (χ2v) is 5.87. The number of hydrogen-bond acceptors (Lipinski definition) is 3. The summed E-state index contributed by atoms with van der Waals surface area (Å²) in [5, 5.41) is 17.1. The van der Waals surface area contributed by atoms with Crippen molar-refractivity contribution in [3.8, 4) is 0 Å². The molecule has 1 fully saturated rings. The van der Waals surface area contributed by atoms with Crippen molar-refractivity contribution in [3.05, 3.63) is 53.9 Å². The van der Waals surface area contributed by atoms with Gasteiger partial charge in [0.25, 0.3) is 0 Å². The second-order valence-electron chi connectivity index (χ2n) is 5.87. The van der Waals surface area contributed by atoms with E-state index in [0.29, 0.717) is 6.04 Å². The first kappa shape index (κ1) is 14.3. The van der Waals surface area contributed by atoms with Crippen molar-refractivity contribution in [2.24, 2.45) is 5.92 Å². The average Bonchev–Trinajstić information content (AvgIpc) is 3.26. The third-order valence-corrected chi connectivity index (χ3v) is 4.07. The number of nitrogens with zero attached hydrogens (tertiary/aromatic N) is 2. The lowest BCUT2D eigenvalue weighted by molar-refractivity contribution is 0.255. The van der Waals surface area contributed by atoms with Crippen LogP contribution in [-0.2, 0) is 13.1 Å². The molecule has 0 bridgehead atoms. The topological polar surface area (TPSA) is 50.1 Å². The minimum absolute atomic E-state index is 0.265. The molecule has 1 saturated carbocycles. The molecule has 1 aliphatic carbocycles. The normalized spacial score (nSPS) is 16.0. The van der Waals surface area contributed by atoms with Crippen LogP contribution in [0.25, 0.3) is 0 Å². The molecule has 1 aromatic carbocycles. The molecule has 0 spiro atoms. The zero-order valence-corrected chi connectivity index (χ0v) is 12.3. The molecule has 0 saturated heterocycles. The molecular formula is C17H23N3O. The molecule has 0 aliphatic heterocycles. The van der Waals surface area contributed by atoms with Gasteiger partial charge in [0.1, 0.15) is 0 Å². The SMILES string of the molecule is OCCC(NCc1cnn(Cc2ccccc2)c1)C1CC1. The number of hydrogen-bond donors (Lipinski definition) is 2. The molecule has 21 heavy (non-hydrogen) atoms. The first-order valence-electron chi connectivity index (χ1n) is 7.74. The van der Waals surface area contributed by atoms with E-state index in [9.17, 15) is 0 Å². The van der Waals surface area contributed by atoms with Gasteiger partial charge in [-0.25, -0.2) is 0 Å². The van der Waals surface area contributed by atoms with Crippen LogP contribution < -0.4 is 5.32 Å². The number of aliphatic hydroxyl groups excluding tert-OH is 1. The van der Waals surface area contributed by atoms with Gasteiger partial charge in [0, 0.05) is 31.0 Å². The van der Waals surface area contributed by atoms with Gasteiger partial charge in [-0.2, -0.15) is 5.10 Å². The van der Waals surface area contributed by atoms with Gasteiger partial charge in [-0.05, 0) is 30.7 Å². The molecule has 1 heterocycles. The van der Waals surface area contributed by atoms with Gasteiger partial charge in [0.2, 0.25) is 0 Å². The maximum Gasteiger partial charge on any atom is 0.0659 e. The Kier molecular flexibility index (Phi) is 4.68. The number of aliphatic hydroxyl groups is 1. The lowest BCUT2D eigenvalue weighted by Gasteiger charge is -2.16. The number of nitrogens with one attached hydrogen (secondary N) is 1. The molecule has 4 heteroatoms. The van der Waals surface area contributed by atoms with E-state index in [1.807, 2.05) is 16.9 Å². The summed E-state index contributed by atoms with van der Waals surface area (Å²) in [7, 11) is 0. The van der Waals surface area contributed by atoms with Gasteiger partial charge in [0.15, 0.2) is 0 Å². The lowest BCUT2D eigenvalue weighted by Crippen LogP contribution is -2.31. The molecule has 0 radical (unpaired) electrons. The average molecular weight is 285 g/mol. The van der Waals surface area contributed by atoms with Crippen molar-refractivity contribution < 1.29 is 5.11 Å². The van der Waals surface area contributed by atoms with Gasteiger partial charge in [-0.1, -0.05) is 30.3 Å². The second kappa shape index (κ2) is 6.87. The van der Waals surface area contributed by atoms with E-state index in [-0.39, 0.29) is 6.61 Å². The predicted octanol–water partition coefficient (Wildman–Crippen LogP) is 2.18. The molecule has 112 valence electrons. The summed E-state index contributed by atoms with van der Waals surface area (Å²) in [4.78, 5) is 0. The fraction of sp³-hybridized carbons (Fsp3) is 0.471. The molecule has 1 unspecified atom stereocenters. The summed E-state index contributed by atoms with van der Waals surface area (Å²) in [5.74, 6) is 0.761. The molecule has 1 atom stereocenters. The highest BCUT2D eigenvalue weighted by atomic mass is 16.3. The lowest BCUT2D eigenvalue weighted by atomic mass is 10.1. The summed E-state index contributed by atoms with van der Waals surface area (Å²) in [5.41, 5.74) is 2.46. The summed E-state index contributed by atoms with van der Waals surface area (Å²) >= 11 is 0. The summed E-state index contributed by atoms with van der Waals surface area (Å²) in [6.45, 7) is 1.90. The van der Waals surface area contributed by atoms with Crippen molar-refractivity contribution in [2.45, 2.75) is 38.4 Å². The number of benzene rings is 1. The van der Waals surface area contributed by atoms with Gasteiger partial charge in [-0.15, -0.1) is 0 Å². The largest absolute Gasteiger partial charge is 0.396 e. The van der Waals surface area contributed by atoms with Crippen molar-refractivity contribution in [1.29, 1.82) is 0 Å². The van der Waals surface area contributed by atoms with Crippen LogP contribution in [0.5, 0.6) is 0 Å². The Hall–Kier alpha value is -1.65. The van der Waals surface area contributed by atoms with E-state index >= 15 is 0 Å². The van der Waals surface area contributed by atoms with Crippen LogP contribution in [0.4, 0.5) is 0 Å². The van der Waals surface area contributed by atoms with Crippen LogP contribution in [-0.4, -0.2) is 27.5 Å². The van der Waals surface area contributed by atoms with Crippen LogP contribution in [0.2, 0.25) is 0 Å². The van der Waals surface area contributed by atoms with Crippen molar-refractivity contribution in [3.63, 3.8) is 0 Å². The summed E-state index contributed by atoms with van der Waals surface area (Å²) in [6.07, 6.45) is 7.47. The molecule has 4 nitrogen and oxygen atoms in total. The molecule has 0 amide bonds. The molecule has 2 N–H and O–H groups in total. The maximum atomic E-state index is 9.12.